The van der Waals surface area contributed by atoms with Crippen LogP contribution in [-0.4, -0.2) is 46.0 Å². The van der Waals surface area contributed by atoms with Crippen molar-refractivity contribution in [2.75, 3.05) is 26.2 Å². The molecule has 1 saturated heterocycles. The third kappa shape index (κ3) is 5.10. The first kappa shape index (κ1) is 21.3. The van der Waals surface area contributed by atoms with Crippen LogP contribution in [0.1, 0.15) is 19.3 Å². The summed E-state index contributed by atoms with van der Waals surface area (Å²) in [6.07, 6.45) is 3.96. The van der Waals surface area contributed by atoms with Crippen molar-refractivity contribution >= 4 is 0 Å². The quantitative estimate of drug-likeness (QED) is 0.397. The van der Waals surface area contributed by atoms with Crippen LogP contribution in [0.5, 0.6) is 11.5 Å². The second-order valence-electron chi connectivity index (χ2n) is 8.48. The number of nitrogens with zero attached hydrogens (tertiary/aromatic N) is 3. The molecule has 1 aromatic heterocycles. The number of ether oxygens (including phenoxy) is 1. The number of aromatic nitrogens is 2. The van der Waals surface area contributed by atoms with E-state index in [1.54, 1.807) is 12.1 Å². The van der Waals surface area contributed by atoms with Gasteiger partial charge in [-0.05, 0) is 92.7 Å². The standard InChI is InChI=1S/C28H29N3O2/c32-25-13-9-23(10-14-25)28-21-27(29-31(28)24-7-3-1-4-8-24)22-11-15-26(16-12-22)33-20-19-30-17-5-2-6-18-30/h1,3-4,7-16,21,32H,2,5-6,17-20H2. The third-order valence-electron chi connectivity index (χ3n) is 6.15. The maximum absolute atomic E-state index is 9.70. The van der Waals surface area contributed by atoms with Gasteiger partial charge in [0, 0.05) is 17.7 Å². The van der Waals surface area contributed by atoms with E-state index < -0.39 is 0 Å². The van der Waals surface area contributed by atoms with E-state index in [1.165, 1.54) is 32.4 Å². The topological polar surface area (TPSA) is 50.5 Å². The summed E-state index contributed by atoms with van der Waals surface area (Å²) in [6, 6.07) is 27.6. The molecule has 0 atom stereocenters. The van der Waals surface area contributed by atoms with E-state index in [2.05, 4.69) is 23.1 Å². The first-order valence-corrected chi connectivity index (χ1v) is 11.7. The predicted octanol–water partition coefficient (Wildman–Crippen LogP) is 5.78. The van der Waals surface area contributed by atoms with E-state index in [9.17, 15) is 5.11 Å². The van der Waals surface area contributed by atoms with Gasteiger partial charge < -0.3 is 9.84 Å². The molecule has 1 fully saturated rings. The fraction of sp³-hybridized carbons (Fsp3) is 0.250. The Kier molecular flexibility index (Phi) is 6.40. The zero-order valence-electron chi connectivity index (χ0n) is 18.7. The highest BCUT2D eigenvalue weighted by molar-refractivity contribution is 5.71. The number of hydrogen-bond donors (Lipinski definition) is 1. The fourth-order valence-corrected chi connectivity index (χ4v) is 4.32. The summed E-state index contributed by atoms with van der Waals surface area (Å²) in [6.45, 7) is 4.08. The third-order valence-corrected chi connectivity index (χ3v) is 6.15. The van der Waals surface area contributed by atoms with Crippen LogP contribution >= 0.6 is 0 Å². The lowest BCUT2D eigenvalue weighted by Crippen LogP contribution is -2.33. The molecule has 2 heterocycles. The summed E-state index contributed by atoms with van der Waals surface area (Å²) in [7, 11) is 0. The van der Waals surface area contributed by atoms with Crippen molar-refractivity contribution in [2.24, 2.45) is 0 Å². The molecule has 5 nitrogen and oxygen atoms in total. The van der Waals surface area contributed by atoms with E-state index in [4.69, 9.17) is 9.84 Å². The largest absolute Gasteiger partial charge is 0.508 e. The van der Waals surface area contributed by atoms with Crippen molar-refractivity contribution in [1.82, 2.24) is 14.7 Å². The van der Waals surface area contributed by atoms with Crippen LogP contribution in [0.15, 0.2) is 84.9 Å². The first-order chi connectivity index (χ1) is 16.3. The number of piperidine rings is 1. The Balaban J connectivity index is 1.35. The van der Waals surface area contributed by atoms with Crippen LogP contribution in [0.4, 0.5) is 0 Å². The van der Waals surface area contributed by atoms with Crippen molar-refractivity contribution in [1.29, 1.82) is 0 Å². The Morgan fingerprint density at radius 3 is 2.21 bits per heavy atom. The van der Waals surface area contributed by atoms with Crippen molar-refractivity contribution in [3.63, 3.8) is 0 Å². The van der Waals surface area contributed by atoms with E-state index in [0.717, 1.165) is 40.5 Å². The maximum Gasteiger partial charge on any atom is 0.119 e. The molecule has 5 heteroatoms. The van der Waals surface area contributed by atoms with Gasteiger partial charge in [0.1, 0.15) is 18.1 Å². The van der Waals surface area contributed by atoms with Crippen molar-refractivity contribution < 1.29 is 9.84 Å². The lowest BCUT2D eigenvalue weighted by molar-refractivity contribution is 0.183. The molecule has 0 aliphatic carbocycles. The van der Waals surface area contributed by atoms with E-state index >= 15 is 0 Å². The average Bonchev–Trinajstić information content (AvgIpc) is 3.32. The van der Waals surface area contributed by atoms with E-state index in [-0.39, 0.29) is 5.75 Å². The number of likely N-dealkylation sites (tertiary alicyclic amines) is 1. The molecule has 168 valence electrons. The van der Waals surface area contributed by atoms with Crippen LogP contribution in [0.25, 0.3) is 28.2 Å². The van der Waals surface area contributed by atoms with Crippen LogP contribution in [0, 0.1) is 0 Å². The Labute approximate surface area is 194 Å². The first-order valence-electron chi connectivity index (χ1n) is 11.7. The Morgan fingerprint density at radius 2 is 1.48 bits per heavy atom. The number of rotatable bonds is 7. The number of benzene rings is 3. The smallest absolute Gasteiger partial charge is 0.119 e. The van der Waals surface area contributed by atoms with E-state index in [1.807, 2.05) is 59.3 Å². The molecule has 1 N–H and O–H groups in total. The number of phenolic OH excluding ortho intramolecular Hbond substituents is 1. The number of para-hydroxylation sites is 1. The van der Waals surface area contributed by atoms with Gasteiger partial charge in [0.2, 0.25) is 0 Å². The lowest BCUT2D eigenvalue weighted by Gasteiger charge is -2.26. The van der Waals surface area contributed by atoms with Gasteiger partial charge >= 0.3 is 0 Å². The number of phenols is 1. The van der Waals surface area contributed by atoms with Crippen LogP contribution < -0.4 is 4.74 Å². The molecule has 0 bridgehead atoms. The van der Waals surface area contributed by atoms with Crippen molar-refractivity contribution in [2.45, 2.75) is 19.3 Å². The average molecular weight is 440 g/mol. The molecule has 1 aliphatic heterocycles. The van der Waals surface area contributed by atoms with Gasteiger partial charge in [0.05, 0.1) is 17.1 Å². The Morgan fingerprint density at radius 1 is 0.788 bits per heavy atom. The van der Waals surface area contributed by atoms with Crippen LogP contribution in [0.3, 0.4) is 0 Å². The predicted molar refractivity (Wildman–Crippen MR) is 132 cm³/mol. The SMILES string of the molecule is Oc1ccc(-c2cc(-c3ccc(OCCN4CCCCC4)cc3)nn2-c2ccccc2)cc1. The Bertz CT molecular complexity index is 1160. The molecule has 33 heavy (non-hydrogen) atoms. The van der Waals surface area contributed by atoms with Gasteiger partial charge in [-0.1, -0.05) is 24.6 Å². The highest BCUT2D eigenvalue weighted by Crippen LogP contribution is 2.30. The lowest BCUT2D eigenvalue weighted by atomic mass is 10.1. The molecule has 0 saturated carbocycles. The number of aromatic hydroxyl groups is 1. The summed E-state index contributed by atoms with van der Waals surface area (Å²) >= 11 is 0. The fourth-order valence-electron chi connectivity index (χ4n) is 4.32. The van der Waals surface area contributed by atoms with Gasteiger partial charge in [-0.3, -0.25) is 4.90 Å². The molecule has 5 rings (SSSR count). The second kappa shape index (κ2) is 9.92. The number of hydrogen-bond acceptors (Lipinski definition) is 4. The monoisotopic (exact) mass is 439 g/mol. The molecule has 1 aliphatic rings. The highest BCUT2D eigenvalue weighted by Gasteiger charge is 2.14. The van der Waals surface area contributed by atoms with Crippen molar-refractivity contribution in [3.05, 3.63) is 84.9 Å². The normalized spacial score (nSPS) is 14.3. The molecular weight excluding hydrogens is 410 g/mol. The Hall–Kier alpha value is -3.57. The zero-order chi connectivity index (χ0) is 22.5. The minimum absolute atomic E-state index is 0.251. The van der Waals surface area contributed by atoms with Gasteiger partial charge in [0.25, 0.3) is 0 Å². The van der Waals surface area contributed by atoms with Gasteiger partial charge in [-0.25, -0.2) is 4.68 Å². The summed E-state index contributed by atoms with van der Waals surface area (Å²) in [5.41, 5.74) is 4.88. The van der Waals surface area contributed by atoms with Crippen LogP contribution in [-0.2, 0) is 0 Å². The minimum Gasteiger partial charge on any atom is -0.508 e. The van der Waals surface area contributed by atoms with E-state index in [0.29, 0.717) is 6.61 Å². The molecule has 4 aromatic rings. The van der Waals surface area contributed by atoms with Gasteiger partial charge in [-0.15, -0.1) is 0 Å². The molecule has 0 amide bonds. The molecule has 0 unspecified atom stereocenters. The van der Waals surface area contributed by atoms with Gasteiger partial charge in [0.15, 0.2) is 0 Å². The zero-order valence-corrected chi connectivity index (χ0v) is 18.7. The summed E-state index contributed by atoms with van der Waals surface area (Å²) < 4.78 is 7.94. The molecule has 0 radical (unpaired) electrons. The molecule has 3 aromatic carbocycles. The molecule has 0 spiro atoms. The highest BCUT2D eigenvalue weighted by atomic mass is 16.5. The minimum atomic E-state index is 0.251. The summed E-state index contributed by atoms with van der Waals surface area (Å²) in [5, 5.41) is 14.6. The second-order valence-corrected chi connectivity index (χ2v) is 8.48. The van der Waals surface area contributed by atoms with Crippen molar-refractivity contribution in [3.8, 4) is 39.7 Å². The van der Waals surface area contributed by atoms with Gasteiger partial charge in [-0.2, -0.15) is 5.10 Å². The summed E-state index contributed by atoms with van der Waals surface area (Å²) in [4.78, 5) is 2.49. The summed E-state index contributed by atoms with van der Waals surface area (Å²) in [5.74, 6) is 1.14. The molecular formula is C28H29N3O2. The maximum atomic E-state index is 9.70. The van der Waals surface area contributed by atoms with Crippen LogP contribution in [0.2, 0.25) is 0 Å².